The van der Waals surface area contributed by atoms with Crippen LogP contribution in [0.5, 0.6) is 11.5 Å². The minimum absolute atomic E-state index is 0.162. The Morgan fingerprint density at radius 3 is 1.84 bits per heavy atom. The van der Waals surface area contributed by atoms with Gasteiger partial charge in [0.25, 0.3) is 0 Å². The predicted molar refractivity (Wildman–Crippen MR) is 90.9 cm³/mol. The van der Waals surface area contributed by atoms with Crippen molar-refractivity contribution >= 4 is 11.9 Å². The normalized spacial score (nSPS) is 10.9. The monoisotopic (exact) mass is 344 g/mol. The van der Waals surface area contributed by atoms with Crippen LogP contribution in [-0.2, 0) is 9.59 Å². The molecule has 0 atom stereocenters. The van der Waals surface area contributed by atoms with E-state index >= 15 is 0 Å². The number of benzene rings is 2. The molecule has 0 heterocycles. The van der Waals surface area contributed by atoms with Crippen molar-refractivity contribution in [3.05, 3.63) is 60.7 Å². The number of aliphatic carboxylic acids is 2. The predicted octanol–water partition coefficient (Wildman–Crippen LogP) is 3.22. The van der Waals surface area contributed by atoms with Crippen LogP contribution in [0.3, 0.4) is 0 Å². The lowest BCUT2D eigenvalue weighted by molar-refractivity contribution is -0.173. The molecular weight excluding hydrogens is 324 g/mol. The molecule has 0 saturated heterocycles. The highest BCUT2D eigenvalue weighted by Crippen LogP contribution is 2.25. The Labute approximate surface area is 145 Å². The Kier molecular flexibility index (Phi) is 6.39. The van der Waals surface area contributed by atoms with Crippen LogP contribution in [0, 0.1) is 0 Å². The number of rotatable bonds is 10. The fourth-order valence-corrected chi connectivity index (χ4v) is 2.32. The number of ether oxygens (including phenoxy) is 2. The molecule has 25 heavy (non-hydrogen) atoms. The molecule has 132 valence electrons. The Balaban J connectivity index is 1.94. The van der Waals surface area contributed by atoms with Crippen LogP contribution in [0.4, 0.5) is 0 Å². The van der Waals surface area contributed by atoms with Crippen molar-refractivity contribution in [1.82, 2.24) is 0 Å². The molecule has 0 radical (unpaired) electrons. The van der Waals surface area contributed by atoms with E-state index in [2.05, 4.69) is 0 Å². The Bertz CT molecular complexity index is 670. The highest BCUT2D eigenvalue weighted by atomic mass is 16.6. The molecule has 2 rings (SSSR count). The van der Waals surface area contributed by atoms with Crippen LogP contribution in [0.25, 0.3) is 0 Å². The van der Waals surface area contributed by atoms with Crippen molar-refractivity contribution in [3.8, 4) is 11.5 Å². The molecule has 0 spiro atoms. The molecule has 6 nitrogen and oxygen atoms in total. The van der Waals surface area contributed by atoms with Crippen LogP contribution >= 0.6 is 0 Å². The summed E-state index contributed by atoms with van der Waals surface area (Å²) in [6.45, 7) is 0.366. The summed E-state index contributed by atoms with van der Waals surface area (Å²) >= 11 is 0. The summed E-state index contributed by atoms with van der Waals surface area (Å²) in [5, 5.41) is 18.9. The van der Waals surface area contributed by atoms with Crippen molar-refractivity contribution in [1.29, 1.82) is 0 Å². The van der Waals surface area contributed by atoms with Gasteiger partial charge in [-0.2, -0.15) is 0 Å². The van der Waals surface area contributed by atoms with Gasteiger partial charge in [-0.25, -0.2) is 9.59 Å². The van der Waals surface area contributed by atoms with E-state index in [1.807, 2.05) is 30.3 Å². The number of unbranched alkanes of at least 4 members (excludes halogenated alkanes) is 1. The topological polar surface area (TPSA) is 93.1 Å². The molecule has 0 fully saturated rings. The fourth-order valence-electron chi connectivity index (χ4n) is 2.32. The van der Waals surface area contributed by atoms with Crippen LogP contribution in [-0.4, -0.2) is 34.4 Å². The first-order chi connectivity index (χ1) is 12.0. The van der Waals surface area contributed by atoms with Gasteiger partial charge >= 0.3 is 17.5 Å². The van der Waals surface area contributed by atoms with Crippen molar-refractivity contribution in [3.63, 3.8) is 0 Å². The van der Waals surface area contributed by atoms with Crippen molar-refractivity contribution in [2.75, 3.05) is 6.61 Å². The summed E-state index contributed by atoms with van der Waals surface area (Å²) < 4.78 is 10.9. The molecule has 0 bridgehead atoms. The zero-order chi connectivity index (χ0) is 18.1. The highest BCUT2D eigenvalue weighted by molar-refractivity contribution is 6.02. The highest BCUT2D eigenvalue weighted by Gasteiger charge is 2.49. The minimum atomic E-state index is -2.31. The van der Waals surface area contributed by atoms with E-state index in [4.69, 9.17) is 9.47 Å². The molecule has 0 aliphatic heterocycles. The second-order valence-electron chi connectivity index (χ2n) is 5.47. The van der Waals surface area contributed by atoms with Gasteiger partial charge in [0.1, 0.15) is 11.5 Å². The van der Waals surface area contributed by atoms with Crippen LogP contribution in [0.15, 0.2) is 60.7 Å². The average molecular weight is 344 g/mol. The second-order valence-corrected chi connectivity index (χ2v) is 5.47. The Morgan fingerprint density at radius 2 is 1.32 bits per heavy atom. The zero-order valence-corrected chi connectivity index (χ0v) is 13.6. The molecule has 0 aliphatic carbocycles. The summed E-state index contributed by atoms with van der Waals surface area (Å²) in [5.41, 5.74) is -2.31. The number of carbonyl (C=O) groups is 2. The zero-order valence-electron chi connectivity index (χ0n) is 13.6. The van der Waals surface area contributed by atoms with Crippen LogP contribution in [0.2, 0.25) is 0 Å². The van der Waals surface area contributed by atoms with Gasteiger partial charge in [-0.05, 0) is 37.1 Å². The van der Waals surface area contributed by atoms with E-state index in [1.54, 1.807) is 18.2 Å². The number of hydrogen-bond acceptors (Lipinski definition) is 4. The summed E-state index contributed by atoms with van der Waals surface area (Å²) in [6.07, 6.45) is 0.679. The molecule has 6 heteroatoms. The molecule has 0 amide bonds. The molecular formula is C19H20O6. The fraction of sp³-hybridized carbons (Fsp3) is 0.263. The van der Waals surface area contributed by atoms with Gasteiger partial charge in [-0.3, -0.25) is 0 Å². The lowest BCUT2D eigenvalue weighted by Gasteiger charge is -2.26. The molecule has 0 aliphatic rings. The molecule has 2 N–H and O–H groups in total. The average Bonchev–Trinajstić information content (AvgIpc) is 2.61. The first-order valence-electron chi connectivity index (χ1n) is 7.93. The lowest BCUT2D eigenvalue weighted by Crippen LogP contribution is -2.52. The third-order valence-electron chi connectivity index (χ3n) is 3.66. The first-order valence-corrected chi connectivity index (χ1v) is 7.93. The van der Waals surface area contributed by atoms with Crippen molar-refractivity contribution in [2.24, 2.45) is 0 Å². The summed E-state index contributed by atoms with van der Waals surface area (Å²) in [7, 11) is 0. The van der Waals surface area contributed by atoms with Gasteiger partial charge in [-0.15, -0.1) is 0 Å². The van der Waals surface area contributed by atoms with Gasteiger partial charge in [0, 0.05) is 6.42 Å². The molecule has 0 unspecified atom stereocenters. The third kappa shape index (κ3) is 4.97. The van der Waals surface area contributed by atoms with E-state index in [1.165, 1.54) is 12.1 Å². The molecule has 0 aromatic heterocycles. The molecule has 2 aromatic rings. The third-order valence-corrected chi connectivity index (χ3v) is 3.66. The number of para-hydroxylation sites is 2. The first kappa shape index (κ1) is 18.3. The maximum Gasteiger partial charge on any atom is 0.360 e. The van der Waals surface area contributed by atoms with Gasteiger partial charge in [0.15, 0.2) is 0 Å². The summed E-state index contributed by atoms with van der Waals surface area (Å²) in [5.74, 6) is -2.13. The largest absolute Gasteiger partial charge is 0.494 e. The van der Waals surface area contributed by atoms with E-state index in [0.717, 1.165) is 0 Å². The molecule has 0 saturated carbocycles. The number of hydrogen-bond donors (Lipinski definition) is 2. The second kappa shape index (κ2) is 8.73. The van der Waals surface area contributed by atoms with Gasteiger partial charge in [0.05, 0.1) is 6.61 Å². The van der Waals surface area contributed by atoms with Gasteiger partial charge < -0.3 is 19.7 Å². The van der Waals surface area contributed by atoms with E-state index in [9.17, 15) is 19.8 Å². The Hall–Kier alpha value is -3.02. The van der Waals surface area contributed by atoms with E-state index in [0.29, 0.717) is 25.2 Å². The number of carboxylic acid groups (broad SMARTS) is 2. The summed E-state index contributed by atoms with van der Waals surface area (Å²) in [6, 6.07) is 17.3. The van der Waals surface area contributed by atoms with Crippen LogP contribution in [0.1, 0.15) is 19.3 Å². The maximum absolute atomic E-state index is 11.6. The van der Waals surface area contributed by atoms with Gasteiger partial charge in [-0.1, -0.05) is 36.4 Å². The van der Waals surface area contributed by atoms with E-state index in [-0.39, 0.29) is 12.2 Å². The van der Waals surface area contributed by atoms with E-state index < -0.39 is 17.5 Å². The van der Waals surface area contributed by atoms with Crippen molar-refractivity contribution < 1.29 is 29.3 Å². The quantitative estimate of drug-likeness (QED) is 0.508. The van der Waals surface area contributed by atoms with Crippen LogP contribution < -0.4 is 9.47 Å². The minimum Gasteiger partial charge on any atom is -0.494 e. The number of carboxylic acids is 2. The lowest BCUT2D eigenvalue weighted by atomic mass is 9.96. The standard InChI is InChI=1S/C19H20O6/c20-17(21)19(18(22)23,25-16-11-5-2-6-12-16)13-7-8-14-24-15-9-3-1-4-10-15/h1-6,9-12H,7-8,13-14H2,(H,20,21)(H,22,23). The molecule has 2 aromatic carbocycles. The SMILES string of the molecule is O=C(O)C(CCCCOc1ccccc1)(Oc1ccccc1)C(=O)O. The van der Waals surface area contributed by atoms with Gasteiger partial charge in [0.2, 0.25) is 0 Å². The van der Waals surface area contributed by atoms with Crippen molar-refractivity contribution in [2.45, 2.75) is 24.9 Å². The Morgan fingerprint density at radius 1 is 0.800 bits per heavy atom. The summed E-state index contributed by atoms with van der Waals surface area (Å²) in [4.78, 5) is 23.2. The smallest absolute Gasteiger partial charge is 0.360 e. The maximum atomic E-state index is 11.6.